The van der Waals surface area contributed by atoms with E-state index in [-0.39, 0.29) is 5.75 Å². The van der Waals surface area contributed by atoms with E-state index in [1.54, 1.807) is 48.1 Å². The van der Waals surface area contributed by atoms with Crippen molar-refractivity contribution >= 4 is 44.2 Å². The number of carbonyl (C=O) groups is 1. The molecular weight excluding hydrogens is 378 g/mol. The Labute approximate surface area is 161 Å². The number of rotatable bonds is 2. The van der Waals surface area contributed by atoms with E-state index in [0.29, 0.717) is 22.1 Å². The van der Waals surface area contributed by atoms with Crippen LogP contribution in [-0.2, 0) is 0 Å². The molecule has 0 spiro atoms. The highest BCUT2D eigenvalue weighted by molar-refractivity contribution is 7.17. The molecule has 7 heteroatoms. The molecule has 6 nitrogen and oxygen atoms in total. The number of nitrogens with one attached hydrogen (secondary N) is 1. The van der Waals surface area contributed by atoms with Crippen molar-refractivity contribution in [2.45, 2.75) is 0 Å². The molecule has 5 rings (SSSR count). The van der Waals surface area contributed by atoms with Gasteiger partial charge in [0.05, 0.1) is 23.6 Å². The van der Waals surface area contributed by atoms with Gasteiger partial charge in [-0.15, -0.1) is 11.3 Å². The maximum absolute atomic E-state index is 12.4. The number of hydrogen-bond donors (Lipinski definition) is 1. The second kappa shape index (κ2) is 6.79. The molecule has 1 aromatic carbocycles. The molecule has 0 aliphatic carbocycles. The quantitative estimate of drug-likeness (QED) is 0.382. The van der Waals surface area contributed by atoms with Crippen molar-refractivity contribution in [1.29, 1.82) is 0 Å². The van der Waals surface area contributed by atoms with Gasteiger partial charge in [-0.1, -0.05) is 18.2 Å². The van der Waals surface area contributed by atoms with E-state index < -0.39 is 6.09 Å². The molecule has 2 aromatic heterocycles. The van der Waals surface area contributed by atoms with Crippen LogP contribution in [0, 0.1) is 10.8 Å². The Balaban J connectivity index is 1.48. The second-order valence-corrected chi connectivity index (χ2v) is 6.86. The molecule has 0 saturated heterocycles. The third-order valence-electron chi connectivity index (χ3n) is 4.13. The summed E-state index contributed by atoms with van der Waals surface area (Å²) in [6.07, 6.45) is 3.98. The first kappa shape index (κ1) is 16.5. The predicted molar refractivity (Wildman–Crippen MR) is 105 cm³/mol. The van der Waals surface area contributed by atoms with Crippen molar-refractivity contribution in [3.8, 4) is 5.75 Å². The molecule has 3 aromatic rings. The number of benzene rings is 1. The van der Waals surface area contributed by atoms with Crippen molar-refractivity contribution in [2.75, 3.05) is 5.32 Å². The van der Waals surface area contributed by atoms with Gasteiger partial charge in [0.15, 0.2) is 11.2 Å². The Hall–Kier alpha value is -3.71. The Morgan fingerprint density at radius 1 is 1.07 bits per heavy atom. The molecule has 0 bridgehead atoms. The van der Waals surface area contributed by atoms with Gasteiger partial charge in [-0.05, 0) is 24.3 Å². The zero-order valence-electron chi connectivity index (χ0n) is 14.4. The number of ether oxygens (including phenoxy) is 1. The topological polar surface area (TPSA) is 77.8 Å². The highest BCUT2D eigenvalue weighted by atomic mass is 32.1. The van der Waals surface area contributed by atoms with Crippen LogP contribution in [0.5, 0.6) is 5.75 Å². The van der Waals surface area contributed by atoms with Gasteiger partial charge in [-0.2, -0.15) is 0 Å². The highest BCUT2D eigenvalue weighted by Gasteiger charge is 2.13. The van der Waals surface area contributed by atoms with Gasteiger partial charge in [-0.25, -0.2) is 4.79 Å². The number of thiophene rings is 1. The minimum atomic E-state index is -0.605. The lowest BCUT2D eigenvalue weighted by Gasteiger charge is -2.03. The van der Waals surface area contributed by atoms with E-state index in [1.165, 1.54) is 6.26 Å². The first-order valence-electron chi connectivity index (χ1n) is 8.43. The lowest BCUT2D eigenvalue weighted by molar-refractivity contribution is 0.214. The van der Waals surface area contributed by atoms with Crippen LogP contribution in [-0.4, -0.2) is 6.09 Å². The summed E-state index contributed by atoms with van der Waals surface area (Å²) in [6, 6.07) is 14.6. The van der Waals surface area contributed by atoms with Crippen molar-refractivity contribution < 1.29 is 22.8 Å². The summed E-state index contributed by atoms with van der Waals surface area (Å²) in [5, 5.41) is 6.40. The highest BCUT2D eigenvalue weighted by Crippen LogP contribution is 2.30. The van der Waals surface area contributed by atoms with E-state index in [9.17, 15) is 4.79 Å². The number of amides is 1. The van der Waals surface area contributed by atoms with Gasteiger partial charge in [0, 0.05) is 21.5 Å². The van der Waals surface area contributed by atoms with Crippen LogP contribution in [0.25, 0.3) is 21.1 Å². The molecule has 0 atom stereocenters. The van der Waals surface area contributed by atoms with Crippen LogP contribution < -0.4 is 10.1 Å². The Morgan fingerprint density at radius 3 is 2.96 bits per heavy atom. The van der Waals surface area contributed by atoms with Crippen LogP contribution in [0.15, 0.2) is 86.0 Å². The fourth-order valence-electron chi connectivity index (χ4n) is 2.77. The molecule has 0 unspecified atom stereocenters. The van der Waals surface area contributed by atoms with Gasteiger partial charge < -0.3 is 18.0 Å². The van der Waals surface area contributed by atoms with Gasteiger partial charge in [0.1, 0.15) is 11.8 Å². The SMILES string of the molecule is O=C(Nc1csc2ccccc12)Oc1cccocc2ccoc2cc2oc1=2. The molecule has 28 heavy (non-hydrogen) atoms. The molecule has 138 valence electrons. The average molecular weight is 391 g/mol. The van der Waals surface area contributed by atoms with Crippen LogP contribution in [0.1, 0.15) is 0 Å². The summed E-state index contributed by atoms with van der Waals surface area (Å²) in [4.78, 5) is 12.4. The molecule has 0 radical (unpaired) electrons. The van der Waals surface area contributed by atoms with E-state index in [4.69, 9.17) is 18.0 Å². The summed E-state index contributed by atoms with van der Waals surface area (Å²) in [7, 11) is 0. The second-order valence-electron chi connectivity index (χ2n) is 5.95. The number of anilines is 1. The first-order chi connectivity index (χ1) is 13.8. The largest absolute Gasteiger partial charge is 0.472 e. The van der Waals surface area contributed by atoms with Crippen molar-refractivity contribution in [3.05, 3.63) is 83.5 Å². The maximum atomic E-state index is 12.4. The molecule has 0 saturated carbocycles. The third-order valence-corrected chi connectivity index (χ3v) is 5.09. The fraction of sp³-hybridized carbons (Fsp3) is 0. The van der Waals surface area contributed by atoms with E-state index in [0.717, 1.165) is 15.5 Å². The van der Waals surface area contributed by atoms with Gasteiger partial charge >= 0.3 is 6.09 Å². The first-order valence-corrected chi connectivity index (χ1v) is 9.31. The van der Waals surface area contributed by atoms with Gasteiger partial charge in [0.25, 0.3) is 0 Å². The maximum Gasteiger partial charge on any atom is 0.417 e. The zero-order chi connectivity index (χ0) is 18.9. The Kier molecular flexibility index (Phi) is 3.99. The summed E-state index contributed by atoms with van der Waals surface area (Å²) in [5.74, 6) is 0.276. The minimum absolute atomic E-state index is 0.276. The fourth-order valence-corrected chi connectivity index (χ4v) is 3.66. The molecule has 1 amide bonds. The number of carbonyl (C=O) groups excluding carboxylic acids is 1. The van der Waals surface area contributed by atoms with Crippen LogP contribution >= 0.6 is 11.3 Å². The summed E-state index contributed by atoms with van der Waals surface area (Å²) >= 11 is 1.55. The number of furan rings is 1. The van der Waals surface area contributed by atoms with Crippen molar-refractivity contribution in [2.24, 2.45) is 0 Å². The molecule has 2 aliphatic rings. The normalized spacial score (nSPS) is 11.0. The summed E-state index contributed by atoms with van der Waals surface area (Å²) in [6.45, 7) is 0. The Bertz CT molecular complexity index is 1410. The molecule has 4 heterocycles. The van der Waals surface area contributed by atoms with Crippen molar-refractivity contribution in [1.82, 2.24) is 0 Å². The van der Waals surface area contributed by atoms with Crippen LogP contribution in [0.3, 0.4) is 0 Å². The number of hydrogen-bond acceptors (Lipinski definition) is 6. The smallest absolute Gasteiger partial charge is 0.417 e. The van der Waals surface area contributed by atoms with E-state index in [2.05, 4.69) is 5.32 Å². The average Bonchev–Trinajstić information content (AvgIpc) is 3.13. The van der Waals surface area contributed by atoms with Gasteiger partial charge in [-0.3, -0.25) is 5.32 Å². The van der Waals surface area contributed by atoms with Crippen LogP contribution in [0.2, 0.25) is 0 Å². The molecule has 2 aliphatic heterocycles. The third kappa shape index (κ3) is 3.19. The van der Waals surface area contributed by atoms with Crippen LogP contribution in [0.4, 0.5) is 10.5 Å². The van der Waals surface area contributed by atoms with E-state index in [1.807, 2.05) is 29.6 Å². The summed E-state index contributed by atoms with van der Waals surface area (Å²) in [5.41, 5.74) is 2.34. The summed E-state index contributed by atoms with van der Waals surface area (Å²) < 4.78 is 22.8. The lowest BCUT2D eigenvalue weighted by atomic mass is 10.2. The van der Waals surface area contributed by atoms with E-state index >= 15 is 0 Å². The predicted octanol–water partition coefficient (Wildman–Crippen LogP) is 6.29. The van der Waals surface area contributed by atoms with Crippen molar-refractivity contribution in [3.63, 3.8) is 0 Å². The monoisotopic (exact) mass is 391 g/mol. The lowest BCUT2D eigenvalue weighted by Crippen LogP contribution is -2.16. The Morgan fingerprint density at radius 2 is 2.00 bits per heavy atom. The van der Waals surface area contributed by atoms with Gasteiger partial charge in [0.2, 0.25) is 5.42 Å². The molecular formula is C21H13NO5S. The standard InChI is InChI=1S/C21H13NO5S/c23-21(22-15-12-28-19-6-2-1-4-14(15)19)27-16-5-3-8-24-11-13-7-9-25-17(13)10-18-20(16)26-18/h1-12H,(H,22,23). The molecule has 1 N–H and O–H groups in total. The number of fused-ring (bicyclic) bond motifs is 2. The molecule has 0 fully saturated rings. The minimum Gasteiger partial charge on any atom is -0.472 e. The zero-order valence-corrected chi connectivity index (χ0v) is 15.2.